The zero-order valence-corrected chi connectivity index (χ0v) is 15.3. The van der Waals surface area contributed by atoms with E-state index in [9.17, 15) is 8.78 Å². The van der Waals surface area contributed by atoms with Gasteiger partial charge in [-0.3, -0.25) is 4.99 Å². The quantitative estimate of drug-likeness (QED) is 0.438. The van der Waals surface area contributed by atoms with E-state index in [1.165, 1.54) is 6.07 Å². The van der Waals surface area contributed by atoms with Crippen molar-refractivity contribution < 1.29 is 8.78 Å². The number of nitrogens with one attached hydrogen (secondary N) is 2. The van der Waals surface area contributed by atoms with Crippen LogP contribution >= 0.6 is 35.3 Å². The third-order valence-electron chi connectivity index (χ3n) is 2.75. The van der Waals surface area contributed by atoms with E-state index in [0.29, 0.717) is 12.5 Å². The van der Waals surface area contributed by atoms with Gasteiger partial charge in [0.15, 0.2) is 5.96 Å². The van der Waals surface area contributed by atoms with Crippen LogP contribution < -0.4 is 10.6 Å². The molecule has 22 heavy (non-hydrogen) atoms. The predicted molar refractivity (Wildman–Crippen MR) is 95.7 cm³/mol. The van der Waals surface area contributed by atoms with Crippen molar-refractivity contribution in [2.45, 2.75) is 20.0 Å². The van der Waals surface area contributed by atoms with E-state index >= 15 is 0 Å². The minimum absolute atomic E-state index is 0. The first-order valence-corrected chi connectivity index (χ1v) is 7.20. The molecule has 0 amide bonds. The second-order valence-electron chi connectivity index (χ2n) is 4.38. The summed E-state index contributed by atoms with van der Waals surface area (Å²) in [6, 6.07) is 3.37. The number of guanidine groups is 1. The number of rotatable bonds is 4. The molecule has 0 bridgehead atoms. The molecule has 2 rings (SSSR count). The number of aliphatic imine (C=N–C) groups is 1. The van der Waals surface area contributed by atoms with Gasteiger partial charge < -0.3 is 10.6 Å². The molecule has 0 aliphatic heterocycles. The molecule has 8 heteroatoms. The Morgan fingerprint density at radius 2 is 2.00 bits per heavy atom. The van der Waals surface area contributed by atoms with Crippen molar-refractivity contribution in [1.82, 2.24) is 15.6 Å². The Morgan fingerprint density at radius 1 is 1.27 bits per heavy atom. The van der Waals surface area contributed by atoms with E-state index in [2.05, 4.69) is 20.6 Å². The van der Waals surface area contributed by atoms with Crippen molar-refractivity contribution in [2.24, 2.45) is 4.99 Å². The molecule has 1 aromatic carbocycles. The second-order valence-corrected chi connectivity index (χ2v) is 5.70. The number of aromatic nitrogens is 1. The Morgan fingerprint density at radius 3 is 2.64 bits per heavy atom. The molecule has 0 aliphatic carbocycles. The summed E-state index contributed by atoms with van der Waals surface area (Å²) in [5.74, 6) is -0.407. The second kappa shape index (κ2) is 8.99. The van der Waals surface area contributed by atoms with Crippen LogP contribution in [-0.2, 0) is 13.1 Å². The minimum Gasteiger partial charge on any atom is -0.352 e. The van der Waals surface area contributed by atoms with Gasteiger partial charge in [0.25, 0.3) is 0 Å². The van der Waals surface area contributed by atoms with Crippen molar-refractivity contribution in [1.29, 1.82) is 0 Å². The standard InChI is InChI=1S/C14H16F2N4S.HI/c1-9-6-18-13(21-9)8-20-14(17-2)19-7-10-5-11(15)3-4-12(10)16;/h3-6H,7-8H2,1-2H3,(H2,17,19,20);1H. The summed E-state index contributed by atoms with van der Waals surface area (Å²) in [7, 11) is 1.62. The molecule has 0 saturated carbocycles. The van der Waals surface area contributed by atoms with Gasteiger partial charge in [-0.15, -0.1) is 35.3 Å². The lowest BCUT2D eigenvalue weighted by Crippen LogP contribution is -2.36. The zero-order valence-electron chi connectivity index (χ0n) is 12.2. The number of hydrogen-bond acceptors (Lipinski definition) is 3. The monoisotopic (exact) mass is 438 g/mol. The van der Waals surface area contributed by atoms with Gasteiger partial charge in [0.05, 0.1) is 6.54 Å². The Labute approximate surface area is 149 Å². The van der Waals surface area contributed by atoms with Crippen LogP contribution in [0.1, 0.15) is 15.4 Å². The van der Waals surface area contributed by atoms with Crippen LogP contribution in [0.15, 0.2) is 29.4 Å². The molecule has 0 aliphatic rings. The lowest BCUT2D eigenvalue weighted by atomic mass is 10.2. The summed E-state index contributed by atoms with van der Waals surface area (Å²) in [5.41, 5.74) is 0.253. The maximum absolute atomic E-state index is 13.5. The fourth-order valence-electron chi connectivity index (χ4n) is 1.72. The van der Waals surface area contributed by atoms with Gasteiger partial charge in [0.1, 0.15) is 16.6 Å². The number of thiazole rings is 1. The predicted octanol–water partition coefficient (Wildman–Crippen LogP) is 3.21. The Bertz CT molecular complexity index is 646. The molecule has 1 heterocycles. The number of halogens is 3. The SMILES string of the molecule is CN=C(NCc1ncc(C)s1)NCc1cc(F)ccc1F.I. The van der Waals surface area contributed by atoms with Gasteiger partial charge in [0.2, 0.25) is 0 Å². The number of aryl methyl sites for hydroxylation is 1. The largest absolute Gasteiger partial charge is 0.352 e. The molecule has 1 aromatic heterocycles. The van der Waals surface area contributed by atoms with Crippen LogP contribution in [0.25, 0.3) is 0 Å². The van der Waals surface area contributed by atoms with E-state index in [1.807, 2.05) is 6.92 Å². The third-order valence-corrected chi connectivity index (χ3v) is 3.67. The molecule has 0 radical (unpaired) electrons. The molecule has 0 unspecified atom stereocenters. The number of benzene rings is 1. The lowest BCUT2D eigenvalue weighted by molar-refractivity contribution is 0.581. The summed E-state index contributed by atoms with van der Waals surface area (Å²) in [4.78, 5) is 9.40. The average molecular weight is 438 g/mol. The fraction of sp³-hybridized carbons (Fsp3) is 0.286. The fourth-order valence-corrected chi connectivity index (χ4v) is 2.45. The Hall–Kier alpha value is -1.29. The number of hydrogen-bond donors (Lipinski definition) is 2. The topological polar surface area (TPSA) is 49.3 Å². The van der Waals surface area contributed by atoms with Gasteiger partial charge in [-0.1, -0.05) is 0 Å². The van der Waals surface area contributed by atoms with Gasteiger partial charge in [-0.05, 0) is 25.1 Å². The van der Waals surface area contributed by atoms with E-state index in [0.717, 1.165) is 22.0 Å². The molecule has 2 N–H and O–H groups in total. The molecule has 2 aromatic rings. The van der Waals surface area contributed by atoms with Gasteiger partial charge in [-0.25, -0.2) is 13.8 Å². The summed E-state index contributed by atoms with van der Waals surface area (Å²) in [6.45, 7) is 2.67. The van der Waals surface area contributed by atoms with Crippen molar-refractivity contribution in [2.75, 3.05) is 7.05 Å². The van der Waals surface area contributed by atoms with Crippen molar-refractivity contribution >= 4 is 41.3 Å². The van der Waals surface area contributed by atoms with E-state index < -0.39 is 11.6 Å². The summed E-state index contributed by atoms with van der Waals surface area (Å²) in [6.07, 6.45) is 1.81. The molecule has 0 saturated heterocycles. The maximum Gasteiger partial charge on any atom is 0.191 e. The van der Waals surface area contributed by atoms with Crippen molar-refractivity contribution in [3.05, 3.63) is 51.5 Å². The first kappa shape index (κ1) is 18.8. The minimum atomic E-state index is -0.464. The van der Waals surface area contributed by atoms with Crippen LogP contribution in [0.4, 0.5) is 8.78 Å². The van der Waals surface area contributed by atoms with Crippen LogP contribution in [0, 0.1) is 18.6 Å². The highest BCUT2D eigenvalue weighted by molar-refractivity contribution is 14.0. The van der Waals surface area contributed by atoms with Crippen LogP contribution in [0.3, 0.4) is 0 Å². The Balaban J connectivity index is 0.00000242. The Kier molecular flexibility index (Phi) is 7.66. The molecular weight excluding hydrogens is 421 g/mol. The average Bonchev–Trinajstić information content (AvgIpc) is 2.88. The molecule has 0 fully saturated rings. The van der Waals surface area contributed by atoms with E-state index in [-0.39, 0.29) is 36.1 Å². The molecule has 120 valence electrons. The van der Waals surface area contributed by atoms with Gasteiger partial charge in [0, 0.05) is 30.2 Å². The van der Waals surface area contributed by atoms with Crippen molar-refractivity contribution in [3.63, 3.8) is 0 Å². The maximum atomic E-state index is 13.5. The highest BCUT2D eigenvalue weighted by atomic mass is 127. The third kappa shape index (κ3) is 5.48. The molecular formula is C14H17F2IN4S. The van der Waals surface area contributed by atoms with Crippen molar-refractivity contribution in [3.8, 4) is 0 Å². The van der Waals surface area contributed by atoms with Crippen LogP contribution in [-0.4, -0.2) is 18.0 Å². The summed E-state index contributed by atoms with van der Waals surface area (Å²) in [5, 5.41) is 6.95. The van der Waals surface area contributed by atoms with Gasteiger partial charge in [-0.2, -0.15) is 0 Å². The normalized spacial score (nSPS) is 11.0. The molecule has 0 spiro atoms. The van der Waals surface area contributed by atoms with E-state index in [4.69, 9.17) is 0 Å². The van der Waals surface area contributed by atoms with Crippen LogP contribution in [0.5, 0.6) is 0 Å². The first-order valence-electron chi connectivity index (χ1n) is 6.38. The number of nitrogens with zero attached hydrogens (tertiary/aromatic N) is 2. The summed E-state index contributed by atoms with van der Waals surface area (Å²) >= 11 is 1.59. The lowest BCUT2D eigenvalue weighted by Gasteiger charge is -2.11. The molecule has 4 nitrogen and oxygen atoms in total. The smallest absolute Gasteiger partial charge is 0.191 e. The highest BCUT2D eigenvalue weighted by Gasteiger charge is 2.06. The zero-order chi connectivity index (χ0) is 15.2. The summed E-state index contributed by atoms with van der Waals surface area (Å²) < 4.78 is 26.6. The highest BCUT2D eigenvalue weighted by Crippen LogP contribution is 2.11. The first-order chi connectivity index (χ1) is 10.1. The molecule has 0 atom stereocenters. The van der Waals surface area contributed by atoms with E-state index in [1.54, 1.807) is 24.6 Å². The van der Waals surface area contributed by atoms with Crippen LogP contribution in [0.2, 0.25) is 0 Å². The van der Waals surface area contributed by atoms with Gasteiger partial charge >= 0.3 is 0 Å².